The topological polar surface area (TPSA) is 61.4 Å². The maximum Gasteiger partial charge on any atom is 0.286 e. The molecule has 1 aliphatic heterocycles. The number of aromatic nitrogens is 2. The fourth-order valence-electron chi connectivity index (χ4n) is 3.82. The molecular weight excluding hydrogens is 462 g/mol. The van der Waals surface area contributed by atoms with E-state index in [-0.39, 0.29) is 5.91 Å². The molecule has 2 aromatic carbocycles. The van der Waals surface area contributed by atoms with Crippen LogP contribution in [0.4, 0.5) is 5.69 Å². The van der Waals surface area contributed by atoms with Gasteiger partial charge in [0.1, 0.15) is 5.01 Å². The van der Waals surface area contributed by atoms with Gasteiger partial charge in [0.15, 0.2) is 0 Å². The molecule has 3 heterocycles. The van der Waals surface area contributed by atoms with Crippen molar-refractivity contribution < 1.29 is 4.79 Å². The molecule has 4 aromatic rings. The van der Waals surface area contributed by atoms with Crippen molar-refractivity contribution in [3.05, 3.63) is 74.5 Å². The predicted octanol–water partition coefficient (Wildman–Crippen LogP) is 4.98. The van der Waals surface area contributed by atoms with Crippen molar-refractivity contribution in [2.45, 2.75) is 13.1 Å². The van der Waals surface area contributed by atoms with Gasteiger partial charge in [0.05, 0.1) is 6.54 Å². The van der Waals surface area contributed by atoms with E-state index in [1.165, 1.54) is 27.0 Å². The number of nitrogens with one attached hydrogen (secondary N) is 1. The molecule has 1 fully saturated rings. The minimum atomic E-state index is -0.246. The molecule has 0 unspecified atom stereocenters. The Morgan fingerprint density at radius 2 is 1.69 bits per heavy atom. The smallest absolute Gasteiger partial charge is 0.286 e. The fraction of sp³-hybridized carbons (Fsp3) is 0.261. The van der Waals surface area contributed by atoms with Crippen LogP contribution in [-0.2, 0) is 13.1 Å². The average molecular weight is 484 g/mol. The first kappa shape index (κ1) is 21.5. The fourth-order valence-corrected chi connectivity index (χ4v) is 5.68. The average Bonchev–Trinajstić information content (AvgIpc) is 3.44. The van der Waals surface area contributed by atoms with Gasteiger partial charge in [-0.25, -0.2) is 0 Å². The zero-order valence-electron chi connectivity index (χ0n) is 17.3. The van der Waals surface area contributed by atoms with Gasteiger partial charge in [0, 0.05) is 48.1 Å². The van der Waals surface area contributed by atoms with Gasteiger partial charge in [0.25, 0.3) is 5.91 Å². The van der Waals surface area contributed by atoms with Crippen molar-refractivity contribution in [2.75, 3.05) is 31.5 Å². The van der Waals surface area contributed by atoms with Crippen molar-refractivity contribution >= 4 is 56.0 Å². The van der Waals surface area contributed by atoms with Crippen LogP contribution < -0.4 is 5.32 Å². The molecule has 1 saturated heterocycles. The SMILES string of the molecule is O=C(Nc1ccc(Cl)cc1)c1nnc(CN2CCN(Cc3csc4ccccc34)CC2)s1. The van der Waals surface area contributed by atoms with E-state index in [0.29, 0.717) is 15.7 Å². The van der Waals surface area contributed by atoms with Crippen LogP contribution in [-0.4, -0.2) is 52.1 Å². The second-order valence-corrected chi connectivity index (χ2v) is 10.2. The summed E-state index contributed by atoms with van der Waals surface area (Å²) in [6.07, 6.45) is 0. The van der Waals surface area contributed by atoms with Gasteiger partial charge in [-0.05, 0) is 46.7 Å². The van der Waals surface area contributed by atoms with Crippen LogP contribution in [0, 0.1) is 0 Å². The quantitative estimate of drug-likeness (QED) is 0.419. The van der Waals surface area contributed by atoms with E-state index in [9.17, 15) is 4.79 Å². The van der Waals surface area contributed by atoms with Gasteiger partial charge in [-0.1, -0.05) is 41.1 Å². The molecule has 32 heavy (non-hydrogen) atoms. The van der Waals surface area contributed by atoms with Gasteiger partial charge < -0.3 is 5.32 Å². The summed E-state index contributed by atoms with van der Waals surface area (Å²) >= 11 is 9.06. The Kier molecular flexibility index (Phi) is 6.47. The Balaban J connectivity index is 1.12. The number of thiophene rings is 1. The van der Waals surface area contributed by atoms with E-state index in [2.05, 4.69) is 55.0 Å². The molecule has 6 nitrogen and oxygen atoms in total. The Morgan fingerprint density at radius 1 is 0.969 bits per heavy atom. The molecule has 0 saturated carbocycles. The minimum Gasteiger partial charge on any atom is -0.320 e. The zero-order valence-corrected chi connectivity index (χ0v) is 19.7. The van der Waals surface area contributed by atoms with E-state index in [1.54, 1.807) is 24.3 Å². The van der Waals surface area contributed by atoms with Gasteiger partial charge in [-0.2, -0.15) is 0 Å². The lowest BCUT2D eigenvalue weighted by molar-refractivity contribution is 0.102. The van der Waals surface area contributed by atoms with Crippen LogP contribution in [0.1, 0.15) is 20.4 Å². The van der Waals surface area contributed by atoms with Crippen molar-refractivity contribution in [1.82, 2.24) is 20.0 Å². The third kappa shape index (κ3) is 5.00. The number of halogens is 1. The number of carbonyl (C=O) groups is 1. The summed E-state index contributed by atoms with van der Waals surface area (Å²) in [7, 11) is 0. The van der Waals surface area contributed by atoms with Crippen LogP contribution >= 0.6 is 34.3 Å². The largest absolute Gasteiger partial charge is 0.320 e. The lowest BCUT2D eigenvalue weighted by Crippen LogP contribution is -2.45. The number of hydrogen-bond donors (Lipinski definition) is 1. The summed E-state index contributed by atoms with van der Waals surface area (Å²) in [5.74, 6) is -0.246. The van der Waals surface area contributed by atoms with Crippen molar-refractivity contribution in [1.29, 1.82) is 0 Å². The van der Waals surface area contributed by atoms with Gasteiger partial charge >= 0.3 is 0 Å². The molecule has 9 heteroatoms. The van der Waals surface area contributed by atoms with Crippen LogP contribution in [0.3, 0.4) is 0 Å². The number of hydrogen-bond acceptors (Lipinski definition) is 7. The minimum absolute atomic E-state index is 0.246. The molecule has 0 atom stereocenters. The van der Waals surface area contributed by atoms with Crippen molar-refractivity contribution in [2.24, 2.45) is 0 Å². The predicted molar refractivity (Wildman–Crippen MR) is 132 cm³/mol. The first-order valence-electron chi connectivity index (χ1n) is 10.4. The highest BCUT2D eigenvalue weighted by Gasteiger charge is 2.20. The third-order valence-corrected chi connectivity index (χ3v) is 7.71. The first-order chi connectivity index (χ1) is 15.6. The second kappa shape index (κ2) is 9.64. The van der Waals surface area contributed by atoms with E-state index in [4.69, 9.17) is 11.6 Å². The molecule has 0 spiro atoms. The number of benzene rings is 2. The summed E-state index contributed by atoms with van der Waals surface area (Å²) in [5, 5.41) is 16.7. The van der Waals surface area contributed by atoms with E-state index < -0.39 is 0 Å². The van der Waals surface area contributed by atoms with E-state index in [1.807, 2.05) is 11.3 Å². The van der Waals surface area contributed by atoms with Crippen LogP contribution in [0.5, 0.6) is 0 Å². The maximum atomic E-state index is 12.4. The van der Waals surface area contributed by atoms with Crippen molar-refractivity contribution in [3.8, 4) is 0 Å². The number of fused-ring (bicyclic) bond motifs is 1. The molecule has 1 amide bonds. The first-order valence-corrected chi connectivity index (χ1v) is 12.5. The highest BCUT2D eigenvalue weighted by atomic mass is 35.5. The normalized spacial score (nSPS) is 15.3. The highest BCUT2D eigenvalue weighted by Crippen LogP contribution is 2.27. The molecule has 0 bridgehead atoms. The Labute approximate surface area is 199 Å². The number of carbonyl (C=O) groups excluding carboxylic acids is 1. The van der Waals surface area contributed by atoms with E-state index >= 15 is 0 Å². The molecule has 164 valence electrons. The monoisotopic (exact) mass is 483 g/mol. The number of piperazine rings is 1. The van der Waals surface area contributed by atoms with E-state index in [0.717, 1.165) is 44.3 Å². The van der Waals surface area contributed by atoms with Gasteiger partial charge in [-0.15, -0.1) is 21.5 Å². The molecule has 1 aliphatic rings. The van der Waals surface area contributed by atoms with Crippen LogP contribution in [0.15, 0.2) is 53.9 Å². The number of nitrogens with zero attached hydrogens (tertiary/aromatic N) is 4. The number of rotatable bonds is 6. The summed E-state index contributed by atoms with van der Waals surface area (Å²) in [6, 6.07) is 15.6. The molecule has 5 rings (SSSR count). The molecule has 0 radical (unpaired) electrons. The number of anilines is 1. The van der Waals surface area contributed by atoms with Gasteiger partial charge in [-0.3, -0.25) is 14.6 Å². The summed E-state index contributed by atoms with van der Waals surface area (Å²) in [5.41, 5.74) is 2.10. The maximum absolute atomic E-state index is 12.4. The van der Waals surface area contributed by atoms with Crippen LogP contribution in [0.2, 0.25) is 5.02 Å². The second-order valence-electron chi connectivity index (χ2n) is 7.77. The Bertz CT molecular complexity index is 1210. The highest BCUT2D eigenvalue weighted by molar-refractivity contribution is 7.17. The summed E-state index contributed by atoms with van der Waals surface area (Å²) in [4.78, 5) is 17.3. The van der Waals surface area contributed by atoms with Crippen LogP contribution in [0.25, 0.3) is 10.1 Å². The lowest BCUT2D eigenvalue weighted by Gasteiger charge is -2.34. The third-order valence-electron chi connectivity index (χ3n) is 5.54. The zero-order chi connectivity index (χ0) is 21.9. The Morgan fingerprint density at radius 3 is 2.47 bits per heavy atom. The summed E-state index contributed by atoms with van der Waals surface area (Å²) in [6.45, 7) is 5.72. The lowest BCUT2D eigenvalue weighted by atomic mass is 10.1. The molecule has 0 aliphatic carbocycles. The molecule has 2 aromatic heterocycles. The van der Waals surface area contributed by atoms with Crippen molar-refractivity contribution in [3.63, 3.8) is 0 Å². The molecular formula is C23H22ClN5OS2. The Hall–Kier alpha value is -2.36. The molecule has 1 N–H and O–H groups in total. The summed E-state index contributed by atoms with van der Waals surface area (Å²) < 4.78 is 1.35. The van der Waals surface area contributed by atoms with Gasteiger partial charge in [0.2, 0.25) is 5.01 Å². The standard InChI is InChI=1S/C23H22ClN5OS2/c24-17-5-7-18(8-6-17)25-22(30)23-27-26-21(32-23)14-29-11-9-28(10-12-29)13-16-15-31-20-4-2-1-3-19(16)20/h1-8,15H,9-14H2,(H,25,30). The number of amides is 1.